The van der Waals surface area contributed by atoms with Gasteiger partial charge in [0.2, 0.25) is 0 Å². The van der Waals surface area contributed by atoms with Crippen LogP contribution in [0.25, 0.3) is 0 Å². The molecule has 0 bridgehead atoms. The molecule has 1 saturated heterocycles. The van der Waals surface area contributed by atoms with E-state index < -0.39 is 11.6 Å². The van der Waals surface area contributed by atoms with E-state index in [1.54, 1.807) is 17.0 Å². The maximum atomic E-state index is 13.4. The lowest BCUT2D eigenvalue weighted by atomic mass is 9.97. The van der Waals surface area contributed by atoms with Crippen molar-refractivity contribution in [2.75, 3.05) is 19.7 Å². The molecule has 1 aliphatic heterocycles. The van der Waals surface area contributed by atoms with Crippen LogP contribution < -0.4 is 10.1 Å². The van der Waals surface area contributed by atoms with Crippen molar-refractivity contribution in [1.29, 1.82) is 0 Å². The van der Waals surface area contributed by atoms with Crippen molar-refractivity contribution < 1.29 is 23.1 Å². The van der Waals surface area contributed by atoms with Gasteiger partial charge in [-0.2, -0.15) is 0 Å². The lowest BCUT2D eigenvalue weighted by molar-refractivity contribution is 0.0658. The normalized spacial score (nSPS) is 16.9. The highest BCUT2D eigenvalue weighted by molar-refractivity contribution is 5.97. The molecule has 2 aliphatic rings. The molecule has 0 aromatic heterocycles. The summed E-state index contributed by atoms with van der Waals surface area (Å²) in [6.45, 7) is 1.44. The Bertz CT molecular complexity index is 918. The number of carbonyl (C=O) groups excluding carboxylic acids is 2. The molecule has 1 N–H and O–H groups in total. The minimum atomic E-state index is -0.758. The van der Waals surface area contributed by atoms with Gasteiger partial charge in [0, 0.05) is 30.8 Å². The predicted molar refractivity (Wildman–Crippen MR) is 107 cm³/mol. The van der Waals surface area contributed by atoms with Crippen LogP contribution in [0, 0.1) is 17.6 Å². The molecule has 1 aliphatic carbocycles. The fourth-order valence-electron chi connectivity index (χ4n) is 3.64. The molecule has 0 spiro atoms. The smallest absolute Gasteiger partial charge is 0.255 e. The third-order valence-corrected chi connectivity index (χ3v) is 5.53. The topological polar surface area (TPSA) is 58.6 Å². The Labute approximate surface area is 174 Å². The van der Waals surface area contributed by atoms with Gasteiger partial charge < -0.3 is 15.0 Å². The van der Waals surface area contributed by atoms with Gasteiger partial charge in [0.1, 0.15) is 17.4 Å². The number of rotatable bonds is 6. The van der Waals surface area contributed by atoms with Gasteiger partial charge in [-0.3, -0.25) is 9.59 Å². The van der Waals surface area contributed by atoms with Crippen LogP contribution in [0.4, 0.5) is 8.78 Å². The average Bonchev–Trinajstić information content (AvgIpc) is 3.55. The minimum absolute atomic E-state index is 0.0257. The number of amides is 2. The summed E-state index contributed by atoms with van der Waals surface area (Å²) in [5, 5.41) is 2.97. The summed E-state index contributed by atoms with van der Waals surface area (Å²) in [5.41, 5.74) is 0.558. The summed E-state index contributed by atoms with van der Waals surface area (Å²) in [5.74, 6) is -1.20. The third kappa shape index (κ3) is 4.96. The van der Waals surface area contributed by atoms with Crippen molar-refractivity contribution in [2.24, 2.45) is 5.92 Å². The van der Waals surface area contributed by atoms with Crippen molar-refractivity contribution in [3.8, 4) is 5.75 Å². The lowest BCUT2D eigenvalue weighted by Crippen LogP contribution is -2.39. The number of likely N-dealkylation sites (tertiary alicyclic amines) is 1. The second-order valence-corrected chi connectivity index (χ2v) is 7.95. The molecule has 0 atom stereocenters. The zero-order chi connectivity index (χ0) is 21.1. The Morgan fingerprint density at radius 1 is 1.00 bits per heavy atom. The first-order valence-electron chi connectivity index (χ1n) is 10.3. The molecule has 2 fully saturated rings. The van der Waals surface area contributed by atoms with Crippen molar-refractivity contribution in [3.63, 3.8) is 0 Å². The Hall–Kier alpha value is -2.96. The zero-order valence-electron chi connectivity index (χ0n) is 16.6. The molecule has 1 saturated carbocycles. The summed E-state index contributed by atoms with van der Waals surface area (Å²) in [6, 6.07) is 10.3. The monoisotopic (exact) mass is 414 g/mol. The Morgan fingerprint density at radius 3 is 2.33 bits per heavy atom. The van der Waals surface area contributed by atoms with E-state index >= 15 is 0 Å². The van der Waals surface area contributed by atoms with E-state index in [0.717, 1.165) is 43.9 Å². The number of nitrogens with zero attached hydrogens (tertiary/aromatic N) is 1. The first kappa shape index (κ1) is 20.3. The number of para-hydroxylation sites is 1. The second-order valence-electron chi connectivity index (χ2n) is 7.95. The fraction of sp³-hybridized carbons (Fsp3) is 0.391. The highest BCUT2D eigenvalue weighted by Gasteiger charge is 2.27. The average molecular weight is 414 g/mol. The molecule has 4 rings (SSSR count). The van der Waals surface area contributed by atoms with Gasteiger partial charge in [0.15, 0.2) is 0 Å². The molecular formula is C23H24F2N2O3. The largest absolute Gasteiger partial charge is 0.492 e. The van der Waals surface area contributed by atoms with E-state index in [-0.39, 0.29) is 29.3 Å². The number of halogens is 2. The van der Waals surface area contributed by atoms with Crippen molar-refractivity contribution >= 4 is 11.8 Å². The van der Waals surface area contributed by atoms with Crippen molar-refractivity contribution in [1.82, 2.24) is 10.2 Å². The standard InChI is InChI=1S/C23H24F2N2O3/c24-17-11-16(12-18(25)13-17)23(29)27-9-7-15(8-10-27)14-30-21-4-2-1-3-20(21)22(28)26-19-5-6-19/h1-4,11-13,15,19H,5-10,14H2,(H,26,28). The quantitative estimate of drug-likeness (QED) is 0.783. The summed E-state index contributed by atoms with van der Waals surface area (Å²) < 4.78 is 32.7. The van der Waals surface area contributed by atoms with E-state index in [1.165, 1.54) is 0 Å². The van der Waals surface area contributed by atoms with Gasteiger partial charge in [-0.25, -0.2) is 8.78 Å². The molecule has 158 valence electrons. The van der Waals surface area contributed by atoms with Gasteiger partial charge >= 0.3 is 0 Å². The number of hydrogen-bond acceptors (Lipinski definition) is 3. The Morgan fingerprint density at radius 2 is 1.67 bits per heavy atom. The number of benzene rings is 2. The fourth-order valence-corrected chi connectivity index (χ4v) is 3.64. The van der Waals surface area contributed by atoms with Gasteiger partial charge in [0.05, 0.1) is 12.2 Å². The van der Waals surface area contributed by atoms with Crippen molar-refractivity contribution in [2.45, 2.75) is 31.7 Å². The van der Waals surface area contributed by atoms with Crippen LogP contribution in [-0.2, 0) is 0 Å². The summed E-state index contributed by atoms with van der Waals surface area (Å²) in [7, 11) is 0. The molecule has 2 aromatic carbocycles. The first-order chi connectivity index (χ1) is 14.5. The Balaban J connectivity index is 1.30. The van der Waals surface area contributed by atoms with Gasteiger partial charge in [-0.05, 0) is 55.9 Å². The van der Waals surface area contributed by atoms with E-state index in [0.29, 0.717) is 31.0 Å². The summed E-state index contributed by atoms with van der Waals surface area (Å²) >= 11 is 0. The minimum Gasteiger partial charge on any atom is -0.492 e. The molecule has 0 unspecified atom stereocenters. The van der Waals surface area contributed by atoms with E-state index in [2.05, 4.69) is 5.32 Å². The van der Waals surface area contributed by atoms with Crippen molar-refractivity contribution in [3.05, 3.63) is 65.2 Å². The first-order valence-corrected chi connectivity index (χ1v) is 10.3. The number of ether oxygens (including phenoxy) is 1. The van der Waals surface area contributed by atoms with E-state index in [4.69, 9.17) is 4.74 Å². The van der Waals surface area contributed by atoms with E-state index in [1.807, 2.05) is 12.1 Å². The van der Waals surface area contributed by atoms with Crippen LogP contribution >= 0.6 is 0 Å². The maximum Gasteiger partial charge on any atom is 0.255 e. The summed E-state index contributed by atoms with van der Waals surface area (Å²) in [4.78, 5) is 26.5. The third-order valence-electron chi connectivity index (χ3n) is 5.53. The van der Waals surface area contributed by atoms with E-state index in [9.17, 15) is 18.4 Å². The molecule has 2 amide bonds. The maximum absolute atomic E-state index is 13.4. The van der Waals surface area contributed by atoms with Crippen LogP contribution in [0.15, 0.2) is 42.5 Å². The number of carbonyl (C=O) groups is 2. The predicted octanol–water partition coefficient (Wildman–Crippen LogP) is 3.79. The molecule has 5 nitrogen and oxygen atoms in total. The summed E-state index contributed by atoms with van der Waals surface area (Å²) in [6.07, 6.45) is 3.49. The van der Waals surface area contributed by atoms with Gasteiger partial charge in [0.25, 0.3) is 11.8 Å². The number of hydrogen-bond donors (Lipinski definition) is 1. The zero-order valence-corrected chi connectivity index (χ0v) is 16.6. The number of piperidine rings is 1. The molecular weight excluding hydrogens is 390 g/mol. The SMILES string of the molecule is O=C(NC1CC1)c1ccccc1OCC1CCN(C(=O)c2cc(F)cc(F)c2)CC1. The van der Waals surface area contributed by atoms with Gasteiger partial charge in [-0.15, -0.1) is 0 Å². The molecule has 0 radical (unpaired) electrons. The highest BCUT2D eigenvalue weighted by atomic mass is 19.1. The lowest BCUT2D eigenvalue weighted by Gasteiger charge is -2.32. The van der Waals surface area contributed by atoms with Crippen LogP contribution in [0.5, 0.6) is 5.75 Å². The molecule has 2 aromatic rings. The Kier molecular flexibility index (Phi) is 5.97. The molecule has 7 heteroatoms. The van der Waals surface area contributed by atoms with Crippen LogP contribution in [-0.4, -0.2) is 42.5 Å². The molecule has 30 heavy (non-hydrogen) atoms. The van der Waals surface area contributed by atoms with Gasteiger partial charge in [-0.1, -0.05) is 12.1 Å². The number of nitrogens with one attached hydrogen (secondary N) is 1. The molecule has 1 heterocycles. The highest BCUT2D eigenvalue weighted by Crippen LogP contribution is 2.25. The van der Waals surface area contributed by atoms with Crippen LogP contribution in [0.1, 0.15) is 46.4 Å². The van der Waals surface area contributed by atoms with Crippen LogP contribution in [0.2, 0.25) is 0 Å². The van der Waals surface area contributed by atoms with Crippen LogP contribution in [0.3, 0.4) is 0 Å². The second kappa shape index (κ2) is 8.81.